The van der Waals surface area contributed by atoms with Gasteiger partial charge in [-0.3, -0.25) is 0 Å². The van der Waals surface area contributed by atoms with Gasteiger partial charge in [0.05, 0.1) is 0 Å². The summed E-state index contributed by atoms with van der Waals surface area (Å²) >= 11 is 28.5. The molecule has 0 bridgehead atoms. The van der Waals surface area contributed by atoms with Crippen LogP contribution in [0.25, 0.3) is 0 Å². The summed E-state index contributed by atoms with van der Waals surface area (Å²) in [6.45, 7) is 17.8. The van der Waals surface area contributed by atoms with Crippen molar-refractivity contribution in [1.29, 1.82) is 0 Å². The molecule has 0 heterocycles. The Balaban J connectivity index is -0.000000130. The first kappa shape index (κ1) is 34.2. The van der Waals surface area contributed by atoms with Crippen LogP contribution in [0.3, 0.4) is 0 Å². The van der Waals surface area contributed by atoms with Crippen molar-refractivity contribution in [3.63, 3.8) is 0 Å². The quantitative estimate of drug-likeness (QED) is 0.340. The van der Waals surface area contributed by atoms with Gasteiger partial charge in [-0.15, -0.1) is 0 Å². The molecule has 0 aliphatic heterocycles. The van der Waals surface area contributed by atoms with Crippen LogP contribution in [0.2, 0.25) is 0 Å². The third-order valence-electron chi connectivity index (χ3n) is 3.06. The van der Waals surface area contributed by atoms with Crippen molar-refractivity contribution < 1.29 is 41.7 Å². The molecular formula is C15H30CeN3S6. The van der Waals surface area contributed by atoms with Crippen LogP contribution in [0.1, 0.15) is 41.5 Å². The first-order chi connectivity index (χ1) is 11.2. The van der Waals surface area contributed by atoms with Gasteiger partial charge >= 0.3 is 41.7 Å². The molecule has 0 atom stereocenters. The molecule has 0 spiro atoms. The molecule has 0 N–H and O–H groups in total. The van der Waals surface area contributed by atoms with Crippen LogP contribution in [0.15, 0.2) is 0 Å². The standard InChI is InChI=1S/3C5H11NS2.Ce/c3*1-3-6(4-2)5(7)8;/h3*3-4H2,1-2H3,(H,7,8);/q;;;+3/p-3. The predicted octanol–water partition coefficient (Wildman–Crippen LogP) is 3.48. The molecule has 0 aliphatic rings. The van der Waals surface area contributed by atoms with Crippen LogP contribution in [0.5, 0.6) is 0 Å². The van der Waals surface area contributed by atoms with Crippen molar-refractivity contribution in [1.82, 2.24) is 14.7 Å². The molecule has 0 amide bonds. The Morgan fingerprint density at radius 1 is 0.520 bits per heavy atom. The summed E-state index contributed by atoms with van der Waals surface area (Å²) in [6, 6.07) is 0. The van der Waals surface area contributed by atoms with E-state index in [-0.39, 0.29) is 41.7 Å². The fraction of sp³-hybridized carbons (Fsp3) is 0.800. The maximum absolute atomic E-state index is 4.76. The van der Waals surface area contributed by atoms with E-state index >= 15 is 0 Å². The molecule has 145 valence electrons. The van der Waals surface area contributed by atoms with Gasteiger partial charge in [0.25, 0.3) is 0 Å². The molecule has 10 heteroatoms. The van der Waals surface area contributed by atoms with Crippen molar-refractivity contribution in [3.8, 4) is 0 Å². The van der Waals surface area contributed by atoms with Crippen molar-refractivity contribution in [2.24, 2.45) is 0 Å². The van der Waals surface area contributed by atoms with E-state index in [4.69, 9.17) is 74.5 Å². The summed E-state index contributed by atoms with van der Waals surface area (Å²) in [4.78, 5) is 5.89. The zero-order chi connectivity index (χ0) is 19.7. The van der Waals surface area contributed by atoms with Gasteiger partial charge in [0, 0.05) is 39.3 Å². The second kappa shape index (κ2) is 23.7. The van der Waals surface area contributed by atoms with Crippen molar-refractivity contribution >= 4 is 87.5 Å². The topological polar surface area (TPSA) is 9.72 Å². The van der Waals surface area contributed by atoms with Crippen LogP contribution < -0.4 is 0 Å². The maximum atomic E-state index is 4.76. The fourth-order valence-electron chi connectivity index (χ4n) is 1.45. The average Bonchev–Trinajstić information content (AvgIpc) is 2.51. The Morgan fingerprint density at radius 3 is 0.640 bits per heavy atom. The van der Waals surface area contributed by atoms with Gasteiger partial charge in [0.15, 0.2) is 0 Å². The van der Waals surface area contributed by atoms with E-state index in [1.54, 1.807) is 0 Å². The summed E-state index contributed by atoms with van der Waals surface area (Å²) < 4.78 is 1.74. The third kappa shape index (κ3) is 21.9. The molecule has 25 heavy (non-hydrogen) atoms. The number of hydrogen-bond acceptors (Lipinski definition) is 6. The summed E-state index contributed by atoms with van der Waals surface area (Å²) in [5.41, 5.74) is 0. The van der Waals surface area contributed by atoms with Gasteiger partial charge in [-0.05, 0) is 41.5 Å². The summed E-state index contributed by atoms with van der Waals surface area (Å²) in [5.74, 6) is 0. The fourth-order valence-corrected chi connectivity index (χ4v) is 2.99. The van der Waals surface area contributed by atoms with E-state index in [0.717, 1.165) is 39.3 Å². The van der Waals surface area contributed by atoms with Crippen LogP contribution >= 0.6 is 36.7 Å². The Labute approximate surface area is 222 Å². The van der Waals surface area contributed by atoms with E-state index in [1.807, 2.05) is 56.2 Å². The van der Waals surface area contributed by atoms with E-state index < -0.39 is 0 Å². The number of rotatable bonds is 6. The Kier molecular flexibility index (Phi) is 32.5. The SMILES string of the molecule is CCN(CC)C(=S)[S-].CCN(CC)C(=S)[S-].CCN(CC)C(=S)[S-].[Ce+3]. The van der Waals surface area contributed by atoms with E-state index in [9.17, 15) is 0 Å². The summed E-state index contributed by atoms with van der Waals surface area (Å²) in [5, 5.41) is 0. The molecule has 0 saturated heterocycles. The molecule has 0 unspecified atom stereocenters. The smallest absolute Gasteiger partial charge is 0.411 e. The summed E-state index contributed by atoms with van der Waals surface area (Å²) in [7, 11) is 0. The minimum Gasteiger partial charge on any atom is -0.411 e. The van der Waals surface area contributed by atoms with Gasteiger partial charge in [-0.25, -0.2) is 0 Å². The molecule has 0 rings (SSSR count). The predicted molar refractivity (Wildman–Crippen MR) is 129 cm³/mol. The monoisotopic (exact) mass is 584 g/mol. The molecule has 3 nitrogen and oxygen atoms in total. The van der Waals surface area contributed by atoms with Gasteiger partial charge in [-0.2, -0.15) is 0 Å². The zero-order valence-corrected chi connectivity index (χ0v) is 24.1. The van der Waals surface area contributed by atoms with Crippen LogP contribution in [0.4, 0.5) is 0 Å². The Morgan fingerprint density at radius 2 is 0.640 bits per heavy atom. The van der Waals surface area contributed by atoms with Crippen LogP contribution in [-0.2, 0) is 37.9 Å². The van der Waals surface area contributed by atoms with Gasteiger partial charge in [-0.1, -0.05) is 13.0 Å². The number of nitrogens with zero attached hydrogens (tertiary/aromatic N) is 3. The van der Waals surface area contributed by atoms with Crippen molar-refractivity contribution in [3.05, 3.63) is 0 Å². The second-order valence-electron chi connectivity index (χ2n) is 4.31. The average molecular weight is 585 g/mol. The van der Waals surface area contributed by atoms with Crippen molar-refractivity contribution in [2.45, 2.75) is 41.5 Å². The van der Waals surface area contributed by atoms with Gasteiger partial charge in [0.2, 0.25) is 0 Å². The molecule has 0 aromatic rings. The largest absolute Gasteiger partial charge is 3.00 e. The molecule has 0 aromatic heterocycles. The first-order valence-electron chi connectivity index (χ1n) is 8.04. The van der Waals surface area contributed by atoms with E-state index in [0.29, 0.717) is 13.0 Å². The Hall–Kier alpha value is 1.71. The number of hydrogen-bond donors (Lipinski definition) is 0. The molecule has 0 saturated carbocycles. The molecular weight excluding hydrogens is 555 g/mol. The van der Waals surface area contributed by atoms with E-state index in [2.05, 4.69) is 0 Å². The third-order valence-corrected chi connectivity index (χ3v) is 4.61. The molecule has 1 radical (unpaired) electrons. The van der Waals surface area contributed by atoms with Crippen LogP contribution in [0, 0.1) is 41.7 Å². The van der Waals surface area contributed by atoms with E-state index in [1.165, 1.54) is 0 Å². The minimum atomic E-state index is 0. The molecule has 0 aliphatic carbocycles. The summed E-state index contributed by atoms with van der Waals surface area (Å²) in [6.07, 6.45) is 0. The van der Waals surface area contributed by atoms with Gasteiger partial charge in [0.1, 0.15) is 0 Å². The van der Waals surface area contributed by atoms with Gasteiger partial charge < -0.3 is 89.2 Å². The molecule has 0 aromatic carbocycles. The zero-order valence-electron chi connectivity index (χ0n) is 16.0. The Bertz CT molecular complexity index is 294. The maximum Gasteiger partial charge on any atom is 3.00 e. The first-order valence-corrected chi connectivity index (χ1v) is 10.5. The van der Waals surface area contributed by atoms with Crippen molar-refractivity contribution in [2.75, 3.05) is 39.3 Å². The van der Waals surface area contributed by atoms with Crippen LogP contribution in [-0.4, -0.2) is 66.9 Å². The molecule has 0 fully saturated rings. The normalized spacial score (nSPS) is 8.40. The second-order valence-corrected chi connectivity index (χ2v) is 7.41. The minimum absolute atomic E-state index is 0. The number of thiocarbonyl (C=S) groups is 3.